The predicted molar refractivity (Wildman–Crippen MR) is 77.6 cm³/mol. The lowest BCUT2D eigenvalue weighted by molar-refractivity contribution is 0.892. The first-order valence-corrected chi connectivity index (χ1v) is 7.49. The molecule has 0 fully saturated rings. The van der Waals surface area contributed by atoms with Crippen LogP contribution in [0.4, 0.5) is 0 Å². The van der Waals surface area contributed by atoms with Crippen molar-refractivity contribution < 1.29 is 0 Å². The summed E-state index contributed by atoms with van der Waals surface area (Å²) in [7, 11) is -1.43. The maximum atomic E-state index is 7.95. The summed E-state index contributed by atoms with van der Waals surface area (Å²) in [6.07, 6.45) is 0. The third-order valence-electron chi connectivity index (χ3n) is 2.62. The Hall–Kier alpha value is -1.41. The van der Waals surface area contributed by atoms with Crippen molar-refractivity contribution in [3.05, 3.63) is 71.8 Å². The van der Waals surface area contributed by atoms with Crippen molar-refractivity contribution in [3.63, 3.8) is 0 Å². The topological polar surface area (TPSA) is 47.9 Å². The third kappa shape index (κ3) is 4.46. The fourth-order valence-electron chi connectivity index (χ4n) is 1.64. The molecule has 94 valence electrons. The van der Waals surface area contributed by atoms with E-state index >= 15 is 0 Å². The molecule has 0 heterocycles. The van der Waals surface area contributed by atoms with Gasteiger partial charge in [-0.05, 0) is 11.1 Å². The summed E-state index contributed by atoms with van der Waals surface area (Å²) >= 11 is 0. The van der Waals surface area contributed by atoms with Gasteiger partial charge in [-0.25, -0.2) is 0 Å². The van der Waals surface area contributed by atoms with E-state index in [0.29, 0.717) is 0 Å². The molecule has 0 amide bonds. The van der Waals surface area contributed by atoms with Crippen LogP contribution in [0.2, 0.25) is 0 Å². The standard InChI is InChI=1S/C14H18N3P/c15-18(16-11-13-7-3-1-4-8-13)17-12-14-9-5-2-6-10-14/h1-10,18H,11-12H2,(H3,15,16,17). The summed E-state index contributed by atoms with van der Waals surface area (Å²) in [6.45, 7) is 1.50. The Morgan fingerprint density at radius 3 is 1.50 bits per heavy atom. The van der Waals surface area contributed by atoms with Gasteiger partial charge in [0.25, 0.3) is 0 Å². The van der Waals surface area contributed by atoms with Crippen LogP contribution in [-0.2, 0) is 13.1 Å². The summed E-state index contributed by atoms with van der Waals surface area (Å²) in [5.41, 5.74) is 2.43. The molecule has 3 nitrogen and oxygen atoms in total. The van der Waals surface area contributed by atoms with Gasteiger partial charge in [-0.2, -0.15) is 0 Å². The van der Waals surface area contributed by atoms with Gasteiger partial charge in [-0.15, -0.1) is 0 Å². The van der Waals surface area contributed by atoms with Crippen molar-refractivity contribution in [2.24, 2.45) is 0 Å². The first-order valence-electron chi connectivity index (χ1n) is 5.99. The first kappa shape index (κ1) is 13.0. The highest BCUT2D eigenvalue weighted by Gasteiger charge is 1.96. The molecule has 3 N–H and O–H groups in total. The maximum Gasteiger partial charge on any atom is 0.0765 e. The summed E-state index contributed by atoms with van der Waals surface area (Å²) in [6, 6.07) is 20.4. The number of hydrogen-bond donors (Lipinski definition) is 3. The molecule has 2 aromatic rings. The molecule has 0 aliphatic heterocycles. The van der Waals surface area contributed by atoms with E-state index in [0.717, 1.165) is 13.1 Å². The minimum atomic E-state index is -1.43. The molecule has 0 spiro atoms. The molecule has 0 bridgehead atoms. The second-order valence-corrected chi connectivity index (χ2v) is 5.51. The minimum absolute atomic E-state index is 0.750. The Bertz CT molecular complexity index is 439. The molecule has 0 saturated heterocycles. The molecule has 0 aliphatic carbocycles. The molecule has 0 aliphatic rings. The molecule has 4 heteroatoms. The van der Waals surface area contributed by atoms with Crippen molar-refractivity contribution >= 4 is 8.01 Å². The third-order valence-corrected chi connectivity index (χ3v) is 3.68. The van der Waals surface area contributed by atoms with Crippen LogP contribution in [-0.4, -0.2) is 0 Å². The summed E-state index contributed by atoms with van der Waals surface area (Å²) < 4.78 is 0. The summed E-state index contributed by atoms with van der Waals surface area (Å²) in [5, 5.41) is 14.4. The molecular weight excluding hydrogens is 241 g/mol. The largest absolute Gasteiger partial charge is 0.292 e. The number of hydrogen-bond acceptors (Lipinski definition) is 1. The molecule has 0 aromatic heterocycles. The van der Waals surface area contributed by atoms with Crippen LogP contribution in [0.3, 0.4) is 0 Å². The molecule has 18 heavy (non-hydrogen) atoms. The Morgan fingerprint density at radius 2 is 1.11 bits per heavy atom. The number of benzene rings is 2. The van der Waals surface area contributed by atoms with Crippen LogP contribution in [0.25, 0.3) is 0 Å². The van der Waals surface area contributed by atoms with E-state index in [1.165, 1.54) is 11.1 Å². The quantitative estimate of drug-likeness (QED) is 0.696. The zero-order valence-electron chi connectivity index (χ0n) is 10.2. The molecule has 0 saturated carbocycles. The predicted octanol–water partition coefficient (Wildman–Crippen LogP) is 3.37. The van der Waals surface area contributed by atoms with Gasteiger partial charge in [0, 0.05) is 13.1 Å². The second-order valence-electron chi connectivity index (χ2n) is 4.05. The highest BCUT2D eigenvalue weighted by molar-refractivity contribution is 7.41. The van der Waals surface area contributed by atoms with E-state index in [9.17, 15) is 0 Å². The van der Waals surface area contributed by atoms with Crippen LogP contribution in [0, 0.1) is 5.16 Å². The van der Waals surface area contributed by atoms with E-state index in [2.05, 4.69) is 34.4 Å². The lowest BCUT2D eigenvalue weighted by Crippen LogP contribution is -2.13. The Kier molecular flexibility index (Phi) is 5.15. The molecule has 2 aromatic carbocycles. The van der Waals surface area contributed by atoms with Crippen molar-refractivity contribution in [1.82, 2.24) is 10.2 Å². The Morgan fingerprint density at radius 1 is 0.722 bits per heavy atom. The van der Waals surface area contributed by atoms with E-state index in [4.69, 9.17) is 5.16 Å². The van der Waals surface area contributed by atoms with Crippen molar-refractivity contribution in [1.29, 1.82) is 5.16 Å². The normalized spacial score (nSPS) is 10.7. The average molecular weight is 259 g/mol. The van der Waals surface area contributed by atoms with Crippen LogP contribution in [0.15, 0.2) is 60.7 Å². The fourth-order valence-corrected chi connectivity index (χ4v) is 2.52. The van der Waals surface area contributed by atoms with E-state index in [1.54, 1.807) is 0 Å². The van der Waals surface area contributed by atoms with Crippen LogP contribution < -0.4 is 10.2 Å². The molecule has 0 radical (unpaired) electrons. The van der Waals surface area contributed by atoms with Crippen molar-refractivity contribution in [3.8, 4) is 0 Å². The molecule has 2 rings (SSSR count). The van der Waals surface area contributed by atoms with E-state index in [-0.39, 0.29) is 0 Å². The van der Waals surface area contributed by atoms with Gasteiger partial charge in [0.15, 0.2) is 0 Å². The van der Waals surface area contributed by atoms with Gasteiger partial charge in [0.1, 0.15) is 0 Å². The second kappa shape index (κ2) is 7.12. The number of rotatable bonds is 6. The fraction of sp³-hybridized carbons (Fsp3) is 0.143. The summed E-state index contributed by atoms with van der Waals surface area (Å²) in [4.78, 5) is 0. The highest BCUT2D eigenvalue weighted by atomic mass is 31.1. The number of nitrogens with one attached hydrogen (secondary N) is 3. The SMILES string of the molecule is N=[PH](NCc1ccccc1)NCc1ccccc1. The van der Waals surface area contributed by atoms with E-state index in [1.807, 2.05) is 36.4 Å². The zero-order valence-corrected chi connectivity index (χ0v) is 11.2. The zero-order chi connectivity index (χ0) is 12.6. The summed E-state index contributed by atoms with van der Waals surface area (Å²) in [5.74, 6) is 0. The molecular formula is C14H18N3P. The van der Waals surface area contributed by atoms with Crippen molar-refractivity contribution in [2.45, 2.75) is 13.1 Å². The van der Waals surface area contributed by atoms with Crippen LogP contribution in [0.1, 0.15) is 11.1 Å². The van der Waals surface area contributed by atoms with Gasteiger partial charge in [-0.1, -0.05) is 60.7 Å². The smallest absolute Gasteiger partial charge is 0.0765 e. The van der Waals surface area contributed by atoms with Gasteiger partial charge >= 0.3 is 0 Å². The van der Waals surface area contributed by atoms with Gasteiger partial charge in [0.2, 0.25) is 0 Å². The van der Waals surface area contributed by atoms with Gasteiger partial charge in [0.05, 0.1) is 8.01 Å². The minimum Gasteiger partial charge on any atom is -0.292 e. The lowest BCUT2D eigenvalue weighted by Gasteiger charge is -2.10. The van der Waals surface area contributed by atoms with Gasteiger partial charge in [-0.3, -0.25) is 15.3 Å². The highest BCUT2D eigenvalue weighted by Crippen LogP contribution is 2.12. The first-order chi connectivity index (χ1) is 8.84. The van der Waals surface area contributed by atoms with Crippen LogP contribution >= 0.6 is 8.01 Å². The monoisotopic (exact) mass is 259 g/mol. The Labute approximate surface area is 109 Å². The van der Waals surface area contributed by atoms with Gasteiger partial charge < -0.3 is 0 Å². The maximum absolute atomic E-state index is 7.95. The average Bonchev–Trinajstić information content (AvgIpc) is 2.45. The Balaban J connectivity index is 1.73. The van der Waals surface area contributed by atoms with Crippen LogP contribution in [0.5, 0.6) is 0 Å². The van der Waals surface area contributed by atoms with Crippen molar-refractivity contribution in [2.75, 3.05) is 0 Å². The lowest BCUT2D eigenvalue weighted by atomic mass is 10.2. The molecule has 0 atom stereocenters. The van der Waals surface area contributed by atoms with E-state index < -0.39 is 8.01 Å². The molecule has 0 unspecified atom stereocenters.